The Balaban J connectivity index is 3.18. The SMILES string of the molecule is CCC(CC)(NS(=O)(=O)c1cncc(Br)c1)C(N)=S. The van der Waals surface area contributed by atoms with Gasteiger partial charge < -0.3 is 5.73 Å². The Bertz CT molecular complexity index is 571. The van der Waals surface area contributed by atoms with Crippen LogP contribution < -0.4 is 10.5 Å². The molecule has 0 radical (unpaired) electrons. The van der Waals surface area contributed by atoms with E-state index in [4.69, 9.17) is 18.0 Å². The van der Waals surface area contributed by atoms with Crippen LogP contribution in [0.5, 0.6) is 0 Å². The molecule has 0 aliphatic carbocycles. The molecule has 0 amide bonds. The van der Waals surface area contributed by atoms with Crippen LogP contribution >= 0.6 is 28.1 Å². The number of pyridine rings is 1. The summed E-state index contributed by atoms with van der Waals surface area (Å²) in [5, 5.41) is 0. The van der Waals surface area contributed by atoms with E-state index in [0.29, 0.717) is 17.3 Å². The van der Waals surface area contributed by atoms with E-state index in [2.05, 4.69) is 25.6 Å². The summed E-state index contributed by atoms with van der Waals surface area (Å²) in [6, 6.07) is 1.48. The monoisotopic (exact) mass is 365 g/mol. The number of hydrogen-bond acceptors (Lipinski definition) is 4. The van der Waals surface area contributed by atoms with Gasteiger partial charge in [-0.15, -0.1) is 0 Å². The predicted molar refractivity (Wildman–Crippen MR) is 82.4 cm³/mol. The van der Waals surface area contributed by atoms with Gasteiger partial charge in [0.05, 0.1) is 10.5 Å². The number of halogens is 1. The van der Waals surface area contributed by atoms with E-state index in [1.165, 1.54) is 18.5 Å². The standard InChI is InChI=1S/C11H16BrN3O2S2/c1-3-11(4-2,10(13)18)15-19(16,17)9-5-8(12)6-14-7-9/h5-7,15H,3-4H2,1-2H3,(H2,13,18). The fourth-order valence-corrected chi connectivity index (χ4v) is 4.08. The van der Waals surface area contributed by atoms with Crippen molar-refractivity contribution in [1.29, 1.82) is 0 Å². The molecule has 3 N–H and O–H groups in total. The molecule has 0 spiro atoms. The molecule has 0 saturated heterocycles. The third-order valence-corrected chi connectivity index (χ3v) is 5.33. The summed E-state index contributed by atoms with van der Waals surface area (Å²) in [7, 11) is -3.72. The molecular weight excluding hydrogens is 350 g/mol. The molecule has 5 nitrogen and oxygen atoms in total. The highest BCUT2D eigenvalue weighted by Gasteiger charge is 2.35. The topological polar surface area (TPSA) is 85.1 Å². The molecule has 19 heavy (non-hydrogen) atoms. The molecule has 0 atom stereocenters. The van der Waals surface area contributed by atoms with Gasteiger partial charge in [-0.05, 0) is 34.8 Å². The molecule has 8 heteroatoms. The van der Waals surface area contributed by atoms with Crippen LogP contribution in [0.25, 0.3) is 0 Å². The van der Waals surface area contributed by atoms with Crippen molar-refractivity contribution in [1.82, 2.24) is 9.71 Å². The molecule has 0 unspecified atom stereocenters. The van der Waals surface area contributed by atoms with Gasteiger partial charge in [0.2, 0.25) is 10.0 Å². The zero-order chi connectivity index (χ0) is 14.7. The second kappa shape index (κ2) is 6.25. The third kappa shape index (κ3) is 3.71. The first kappa shape index (κ1) is 16.5. The number of aromatic nitrogens is 1. The summed E-state index contributed by atoms with van der Waals surface area (Å²) >= 11 is 8.19. The van der Waals surface area contributed by atoms with Crippen LogP contribution in [0, 0.1) is 0 Å². The average Bonchev–Trinajstić information content (AvgIpc) is 2.35. The minimum absolute atomic E-state index is 0.0735. The molecule has 0 aromatic carbocycles. The number of nitrogens with two attached hydrogens (primary N) is 1. The van der Waals surface area contributed by atoms with E-state index in [-0.39, 0.29) is 9.88 Å². The summed E-state index contributed by atoms with van der Waals surface area (Å²) in [5.41, 5.74) is 4.78. The Kier molecular flexibility index (Phi) is 5.43. The zero-order valence-electron chi connectivity index (χ0n) is 10.7. The maximum atomic E-state index is 12.3. The van der Waals surface area contributed by atoms with Crippen molar-refractivity contribution in [2.24, 2.45) is 5.73 Å². The fraction of sp³-hybridized carbons (Fsp3) is 0.455. The van der Waals surface area contributed by atoms with Gasteiger partial charge in [-0.1, -0.05) is 26.1 Å². The quantitative estimate of drug-likeness (QED) is 0.752. The largest absolute Gasteiger partial charge is 0.392 e. The van der Waals surface area contributed by atoms with Crippen molar-refractivity contribution >= 4 is 43.2 Å². The van der Waals surface area contributed by atoms with Crippen molar-refractivity contribution < 1.29 is 8.42 Å². The molecule has 1 rings (SSSR count). The summed E-state index contributed by atoms with van der Waals surface area (Å²) in [4.78, 5) is 4.06. The minimum Gasteiger partial charge on any atom is -0.392 e. The van der Waals surface area contributed by atoms with Crippen molar-refractivity contribution in [3.8, 4) is 0 Å². The number of rotatable bonds is 6. The molecule has 0 bridgehead atoms. The van der Waals surface area contributed by atoms with Gasteiger partial charge in [-0.2, -0.15) is 4.72 Å². The van der Waals surface area contributed by atoms with Crippen LogP contribution in [-0.4, -0.2) is 23.9 Å². The van der Waals surface area contributed by atoms with E-state index < -0.39 is 15.6 Å². The van der Waals surface area contributed by atoms with Gasteiger partial charge >= 0.3 is 0 Å². The Hall–Kier alpha value is -0.570. The van der Waals surface area contributed by atoms with Crippen LogP contribution in [-0.2, 0) is 10.0 Å². The first-order chi connectivity index (χ1) is 8.77. The van der Waals surface area contributed by atoms with E-state index in [1.807, 2.05) is 13.8 Å². The molecule has 1 aromatic heterocycles. The molecule has 0 aliphatic heterocycles. The van der Waals surface area contributed by atoms with Crippen LogP contribution in [0.4, 0.5) is 0 Å². The van der Waals surface area contributed by atoms with E-state index in [1.54, 1.807) is 0 Å². The van der Waals surface area contributed by atoms with E-state index in [0.717, 1.165) is 0 Å². The van der Waals surface area contributed by atoms with Crippen LogP contribution in [0.1, 0.15) is 26.7 Å². The number of nitrogens with zero attached hydrogens (tertiary/aromatic N) is 1. The highest BCUT2D eigenvalue weighted by Crippen LogP contribution is 2.21. The van der Waals surface area contributed by atoms with Crippen molar-refractivity contribution in [2.45, 2.75) is 37.1 Å². The fourth-order valence-electron chi connectivity index (χ4n) is 1.65. The second-order valence-corrected chi connectivity index (χ2v) is 7.14. The number of sulfonamides is 1. The predicted octanol–water partition coefficient (Wildman–Crippen LogP) is 1.97. The average molecular weight is 366 g/mol. The van der Waals surface area contributed by atoms with Crippen molar-refractivity contribution in [3.05, 3.63) is 22.9 Å². The van der Waals surface area contributed by atoms with Gasteiger partial charge in [0, 0.05) is 16.9 Å². The highest BCUT2D eigenvalue weighted by molar-refractivity contribution is 9.10. The summed E-state index contributed by atoms with van der Waals surface area (Å²) in [6.45, 7) is 3.68. The Labute approximate surface area is 127 Å². The smallest absolute Gasteiger partial charge is 0.243 e. The minimum atomic E-state index is -3.72. The molecule has 0 aliphatic rings. The lowest BCUT2D eigenvalue weighted by Gasteiger charge is -2.31. The Morgan fingerprint density at radius 1 is 1.47 bits per heavy atom. The molecule has 0 saturated carbocycles. The van der Waals surface area contributed by atoms with Gasteiger partial charge in [-0.3, -0.25) is 4.98 Å². The lowest BCUT2D eigenvalue weighted by molar-refractivity contribution is 0.465. The number of hydrogen-bond donors (Lipinski definition) is 2. The van der Waals surface area contributed by atoms with E-state index in [9.17, 15) is 8.42 Å². The van der Waals surface area contributed by atoms with E-state index >= 15 is 0 Å². The molecular formula is C11H16BrN3O2S2. The van der Waals surface area contributed by atoms with Crippen LogP contribution in [0.2, 0.25) is 0 Å². The molecule has 0 fully saturated rings. The number of nitrogens with one attached hydrogen (secondary N) is 1. The summed E-state index contributed by atoms with van der Waals surface area (Å²) < 4.78 is 27.9. The van der Waals surface area contributed by atoms with Gasteiger partial charge in [0.15, 0.2) is 0 Å². The molecule has 106 valence electrons. The van der Waals surface area contributed by atoms with Crippen molar-refractivity contribution in [2.75, 3.05) is 0 Å². The first-order valence-corrected chi connectivity index (χ1v) is 8.40. The normalized spacial score (nSPS) is 12.4. The van der Waals surface area contributed by atoms with Crippen molar-refractivity contribution in [3.63, 3.8) is 0 Å². The third-order valence-electron chi connectivity index (χ3n) is 3.00. The zero-order valence-corrected chi connectivity index (χ0v) is 13.9. The molecule has 1 heterocycles. The van der Waals surface area contributed by atoms with Crippen LogP contribution in [0.15, 0.2) is 27.8 Å². The maximum Gasteiger partial charge on any atom is 0.243 e. The van der Waals surface area contributed by atoms with Gasteiger partial charge in [0.25, 0.3) is 0 Å². The molecule has 1 aromatic rings. The Morgan fingerprint density at radius 3 is 2.47 bits per heavy atom. The van der Waals surface area contributed by atoms with Crippen LogP contribution in [0.3, 0.4) is 0 Å². The van der Waals surface area contributed by atoms with Gasteiger partial charge in [-0.25, -0.2) is 8.42 Å². The highest BCUT2D eigenvalue weighted by atomic mass is 79.9. The van der Waals surface area contributed by atoms with Gasteiger partial charge in [0.1, 0.15) is 4.90 Å². The first-order valence-electron chi connectivity index (χ1n) is 5.72. The second-order valence-electron chi connectivity index (χ2n) is 4.10. The number of thiocarbonyl (C=S) groups is 1. The lowest BCUT2D eigenvalue weighted by Crippen LogP contribution is -2.55. The maximum absolute atomic E-state index is 12.3. The Morgan fingerprint density at radius 2 is 2.05 bits per heavy atom. The summed E-state index contributed by atoms with van der Waals surface area (Å²) in [6.07, 6.45) is 3.77. The summed E-state index contributed by atoms with van der Waals surface area (Å²) in [5.74, 6) is 0. The lowest BCUT2D eigenvalue weighted by atomic mass is 9.94.